The molecular weight excluding hydrogens is 93.1 g/mol. The second kappa shape index (κ2) is 8.85. The monoisotopic (exact) mass is 97.0 g/mol. The molecule has 0 aliphatic heterocycles. The molecule has 0 spiro atoms. The van der Waals surface area contributed by atoms with Gasteiger partial charge in [-0.25, -0.2) is 0 Å². The topological polar surface area (TPSA) is 23.8 Å². The molecule has 0 atom stereocenters. The Morgan fingerprint density at radius 1 is 1.80 bits per heavy atom. The first-order valence-electron chi connectivity index (χ1n) is 0.836. The summed E-state index contributed by atoms with van der Waals surface area (Å²) in [6.45, 7) is 0. The Hall–Kier alpha value is 0.840. The molecule has 0 aliphatic carbocycles. The van der Waals surface area contributed by atoms with Crippen molar-refractivity contribution in [1.29, 1.82) is 5.26 Å². The van der Waals surface area contributed by atoms with Gasteiger partial charge in [0.15, 0.2) is 0 Å². The summed E-state index contributed by atoms with van der Waals surface area (Å²) in [5.41, 5.74) is 0. The summed E-state index contributed by atoms with van der Waals surface area (Å²) in [7, 11) is 0. The van der Waals surface area contributed by atoms with Gasteiger partial charge >= 0.3 is 29.6 Å². The normalized spacial score (nSPS) is 4.00. The standard InChI is InChI=1S/C2H3NS.Na.H/c1-4-2-3;;/h1H3;;. The number of nitriles is 1. The first kappa shape index (κ1) is 9.28. The van der Waals surface area contributed by atoms with Crippen LogP contribution in [0, 0.1) is 10.7 Å². The van der Waals surface area contributed by atoms with E-state index in [9.17, 15) is 0 Å². The summed E-state index contributed by atoms with van der Waals surface area (Å²) < 4.78 is 0. The Balaban J connectivity index is 0. The van der Waals surface area contributed by atoms with Crippen LogP contribution in [-0.4, -0.2) is 35.8 Å². The van der Waals surface area contributed by atoms with Crippen LogP contribution >= 0.6 is 11.8 Å². The van der Waals surface area contributed by atoms with Crippen molar-refractivity contribution in [2.45, 2.75) is 0 Å². The van der Waals surface area contributed by atoms with Gasteiger partial charge in [-0.2, -0.15) is 5.26 Å². The number of hydrogen-bond donors (Lipinski definition) is 0. The Bertz CT molecular complexity index is 39.4. The first-order valence-corrected chi connectivity index (χ1v) is 2.06. The Morgan fingerprint density at radius 2 is 2.00 bits per heavy atom. The summed E-state index contributed by atoms with van der Waals surface area (Å²) in [5.74, 6) is 0. The van der Waals surface area contributed by atoms with Crippen LogP contribution in [0.15, 0.2) is 0 Å². The van der Waals surface area contributed by atoms with E-state index < -0.39 is 0 Å². The van der Waals surface area contributed by atoms with Crippen molar-refractivity contribution < 1.29 is 0 Å². The van der Waals surface area contributed by atoms with E-state index in [1.807, 2.05) is 5.40 Å². The van der Waals surface area contributed by atoms with Crippen LogP contribution in [-0.2, 0) is 0 Å². The SMILES string of the molecule is CSC#N.[NaH]. The van der Waals surface area contributed by atoms with Crippen molar-refractivity contribution in [2.24, 2.45) is 0 Å². The number of thiocyanates is 1. The Labute approximate surface area is 58.0 Å². The van der Waals surface area contributed by atoms with Gasteiger partial charge in [0.2, 0.25) is 0 Å². The van der Waals surface area contributed by atoms with Gasteiger partial charge in [0, 0.05) is 0 Å². The molecule has 0 amide bonds. The third-order valence-corrected chi connectivity index (χ3v) is 0.274. The fourth-order valence-electron chi connectivity index (χ4n) is 0. The molecule has 0 rings (SSSR count). The van der Waals surface area contributed by atoms with Crippen LogP contribution in [0.2, 0.25) is 0 Å². The van der Waals surface area contributed by atoms with Crippen molar-refractivity contribution in [1.82, 2.24) is 0 Å². The molecule has 0 aliphatic rings. The molecule has 0 radical (unpaired) electrons. The van der Waals surface area contributed by atoms with E-state index in [2.05, 4.69) is 0 Å². The second-order valence-electron chi connectivity index (χ2n) is 0.295. The van der Waals surface area contributed by atoms with E-state index >= 15 is 0 Å². The summed E-state index contributed by atoms with van der Waals surface area (Å²) in [5, 5.41) is 9.44. The van der Waals surface area contributed by atoms with Gasteiger partial charge in [0.25, 0.3) is 0 Å². The molecule has 3 heteroatoms. The van der Waals surface area contributed by atoms with E-state index in [1.165, 1.54) is 0 Å². The Morgan fingerprint density at radius 3 is 2.00 bits per heavy atom. The van der Waals surface area contributed by atoms with E-state index in [1.54, 1.807) is 6.26 Å². The van der Waals surface area contributed by atoms with Gasteiger partial charge in [-0.15, -0.1) is 0 Å². The van der Waals surface area contributed by atoms with Crippen molar-refractivity contribution in [3.8, 4) is 5.40 Å². The van der Waals surface area contributed by atoms with Gasteiger partial charge in [-0.1, -0.05) is 0 Å². The van der Waals surface area contributed by atoms with Crippen LogP contribution in [0.25, 0.3) is 0 Å². The molecule has 24 valence electrons. The van der Waals surface area contributed by atoms with Crippen molar-refractivity contribution in [3.05, 3.63) is 0 Å². The third-order valence-electron chi connectivity index (χ3n) is 0.0913. The Kier molecular flexibility index (Phi) is 16.4. The van der Waals surface area contributed by atoms with Crippen molar-refractivity contribution >= 4 is 41.3 Å². The molecular formula is C2H4NNaS. The minimum absolute atomic E-state index is 0. The molecule has 0 unspecified atom stereocenters. The summed E-state index contributed by atoms with van der Waals surface area (Å²) in [6, 6.07) is 0. The number of hydrogen-bond acceptors (Lipinski definition) is 2. The zero-order valence-corrected chi connectivity index (χ0v) is 3.17. The molecule has 0 heterocycles. The maximum atomic E-state index is 7.59. The summed E-state index contributed by atoms with van der Waals surface area (Å²) in [4.78, 5) is 0. The minimum atomic E-state index is 0. The van der Waals surface area contributed by atoms with Crippen LogP contribution in [0.4, 0.5) is 0 Å². The van der Waals surface area contributed by atoms with Gasteiger partial charge < -0.3 is 0 Å². The second-order valence-corrected chi connectivity index (χ2v) is 0.886. The molecule has 0 aromatic carbocycles. The zero-order chi connectivity index (χ0) is 3.41. The first-order chi connectivity index (χ1) is 1.91. The van der Waals surface area contributed by atoms with Crippen LogP contribution < -0.4 is 0 Å². The van der Waals surface area contributed by atoms with Crippen LogP contribution in [0.3, 0.4) is 0 Å². The van der Waals surface area contributed by atoms with Gasteiger partial charge in [-0.05, 0) is 18.0 Å². The van der Waals surface area contributed by atoms with Gasteiger partial charge in [-0.3, -0.25) is 0 Å². The third kappa shape index (κ3) is 11.5. The fourth-order valence-corrected chi connectivity index (χ4v) is 0. The van der Waals surface area contributed by atoms with Gasteiger partial charge in [0.1, 0.15) is 5.40 Å². The average Bonchev–Trinajstić information content (AvgIpc) is 1.37. The fraction of sp³-hybridized carbons (Fsp3) is 0.500. The molecule has 0 aromatic heterocycles. The van der Waals surface area contributed by atoms with E-state index in [0.717, 1.165) is 11.8 Å². The summed E-state index contributed by atoms with van der Waals surface area (Å²) >= 11 is 1.16. The molecule has 5 heavy (non-hydrogen) atoms. The predicted octanol–water partition coefficient (Wildman–Crippen LogP) is 0.182. The number of rotatable bonds is 0. The molecule has 0 aromatic rings. The van der Waals surface area contributed by atoms with Crippen molar-refractivity contribution in [2.75, 3.05) is 6.26 Å². The zero-order valence-electron chi connectivity index (χ0n) is 2.36. The quantitative estimate of drug-likeness (QED) is 0.318. The summed E-state index contributed by atoms with van der Waals surface area (Å²) in [6.07, 6.45) is 1.74. The van der Waals surface area contributed by atoms with E-state index in [4.69, 9.17) is 5.26 Å². The van der Waals surface area contributed by atoms with E-state index in [0.29, 0.717) is 0 Å². The van der Waals surface area contributed by atoms with E-state index in [-0.39, 0.29) is 29.6 Å². The molecule has 0 N–H and O–H groups in total. The maximum absolute atomic E-state index is 7.59. The van der Waals surface area contributed by atoms with Crippen molar-refractivity contribution in [3.63, 3.8) is 0 Å². The van der Waals surface area contributed by atoms with Crippen LogP contribution in [0.1, 0.15) is 0 Å². The average molecular weight is 97.1 g/mol. The number of thioether (sulfide) groups is 1. The molecule has 0 bridgehead atoms. The van der Waals surface area contributed by atoms with Gasteiger partial charge in [0.05, 0.1) is 0 Å². The predicted molar refractivity (Wildman–Crippen MR) is 26.3 cm³/mol. The number of nitrogens with zero attached hydrogens (tertiary/aromatic N) is 1. The molecule has 0 fully saturated rings. The van der Waals surface area contributed by atoms with Crippen LogP contribution in [0.5, 0.6) is 0 Å². The molecule has 0 saturated carbocycles. The molecule has 0 saturated heterocycles. The molecule has 1 nitrogen and oxygen atoms in total.